The second kappa shape index (κ2) is 6.75. The molecule has 5 nitrogen and oxygen atoms in total. The van der Waals surface area contributed by atoms with Crippen LogP contribution in [-0.2, 0) is 19.9 Å². The van der Waals surface area contributed by atoms with Crippen LogP contribution >= 0.6 is 0 Å². The molecule has 1 atom stereocenters. The van der Waals surface area contributed by atoms with Crippen molar-refractivity contribution in [1.29, 1.82) is 0 Å². The first-order chi connectivity index (χ1) is 12.6. The van der Waals surface area contributed by atoms with E-state index in [9.17, 15) is 4.79 Å². The minimum absolute atomic E-state index is 0.0225. The Morgan fingerprint density at radius 2 is 1.88 bits per heavy atom. The Bertz CT molecular complexity index is 932. The van der Waals surface area contributed by atoms with Gasteiger partial charge in [-0.25, -0.2) is 0 Å². The van der Waals surface area contributed by atoms with E-state index < -0.39 is 0 Å². The Balaban J connectivity index is 1.61. The summed E-state index contributed by atoms with van der Waals surface area (Å²) in [6.45, 7) is 0. The Morgan fingerprint density at radius 1 is 1.15 bits per heavy atom. The molecule has 3 aromatic rings. The van der Waals surface area contributed by atoms with Crippen molar-refractivity contribution in [2.75, 3.05) is 7.05 Å². The van der Waals surface area contributed by atoms with E-state index in [1.165, 1.54) is 11.1 Å². The lowest BCUT2D eigenvalue weighted by Gasteiger charge is -2.32. The fourth-order valence-corrected chi connectivity index (χ4v) is 3.73. The molecule has 0 fully saturated rings. The van der Waals surface area contributed by atoms with Gasteiger partial charge in [-0.15, -0.1) is 0 Å². The monoisotopic (exact) mass is 346 g/mol. The molecule has 1 amide bonds. The zero-order valence-corrected chi connectivity index (χ0v) is 15.1. The van der Waals surface area contributed by atoms with Gasteiger partial charge in [0, 0.05) is 44.3 Å². The maximum atomic E-state index is 13.2. The van der Waals surface area contributed by atoms with Crippen molar-refractivity contribution in [3.05, 3.63) is 71.7 Å². The number of carbonyl (C=O) groups excluding carboxylic acids is 1. The van der Waals surface area contributed by atoms with Crippen LogP contribution in [0.3, 0.4) is 0 Å². The number of benzene rings is 1. The highest BCUT2D eigenvalue weighted by molar-refractivity contribution is 5.99. The van der Waals surface area contributed by atoms with Crippen LogP contribution in [0.4, 0.5) is 0 Å². The standard InChI is InChI=1S/C21H22N4O/c1-24-14-19(20(23-24)16-9-11-22-12-10-16)21(26)25(2)18-8-7-15-5-3-4-6-17(15)13-18/h3-6,9-12,14,18H,7-8,13H2,1-2H3. The van der Waals surface area contributed by atoms with Gasteiger partial charge in [-0.2, -0.15) is 5.10 Å². The van der Waals surface area contributed by atoms with Gasteiger partial charge < -0.3 is 4.90 Å². The summed E-state index contributed by atoms with van der Waals surface area (Å²) in [5.41, 5.74) is 5.02. The van der Waals surface area contributed by atoms with E-state index in [-0.39, 0.29) is 11.9 Å². The number of nitrogens with zero attached hydrogens (tertiary/aromatic N) is 4. The summed E-state index contributed by atoms with van der Waals surface area (Å²) >= 11 is 0. The summed E-state index contributed by atoms with van der Waals surface area (Å²) < 4.78 is 1.70. The molecule has 0 aliphatic heterocycles. The Hall–Kier alpha value is -2.95. The van der Waals surface area contributed by atoms with Gasteiger partial charge in [-0.05, 0) is 42.5 Å². The number of aromatic nitrogens is 3. The van der Waals surface area contributed by atoms with E-state index in [1.54, 1.807) is 17.1 Å². The van der Waals surface area contributed by atoms with E-state index >= 15 is 0 Å². The first kappa shape index (κ1) is 16.5. The van der Waals surface area contributed by atoms with Gasteiger partial charge in [0.2, 0.25) is 0 Å². The molecule has 132 valence electrons. The number of pyridine rings is 1. The third-order valence-corrected chi connectivity index (χ3v) is 5.20. The maximum Gasteiger partial charge on any atom is 0.257 e. The first-order valence-electron chi connectivity index (χ1n) is 8.91. The third-order valence-electron chi connectivity index (χ3n) is 5.20. The molecule has 0 spiro atoms. The summed E-state index contributed by atoms with van der Waals surface area (Å²) in [6.07, 6.45) is 8.17. The van der Waals surface area contributed by atoms with Crippen LogP contribution in [0.1, 0.15) is 27.9 Å². The molecule has 2 heterocycles. The average molecular weight is 346 g/mol. The number of fused-ring (bicyclic) bond motifs is 1. The molecule has 0 saturated heterocycles. The normalized spacial score (nSPS) is 16.2. The summed E-state index contributed by atoms with van der Waals surface area (Å²) in [6, 6.07) is 12.5. The summed E-state index contributed by atoms with van der Waals surface area (Å²) in [5, 5.41) is 4.51. The van der Waals surface area contributed by atoms with Crippen molar-refractivity contribution in [3.8, 4) is 11.3 Å². The zero-order chi connectivity index (χ0) is 18.1. The molecule has 1 aliphatic rings. The second-order valence-corrected chi connectivity index (χ2v) is 6.88. The SMILES string of the molecule is CN(C(=O)c1cn(C)nc1-c1ccncc1)C1CCc2ccccc2C1. The topological polar surface area (TPSA) is 51.0 Å². The Labute approximate surface area is 153 Å². The number of rotatable bonds is 3. The molecule has 4 rings (SSSR count). The van der Waals surface area contributed by atoms with Crippen LogP contribution in [0.15, 0.2) is 55.0 Å². The van der Waals surface area contributed by atoms with Crippen molar-refractivity contribution >= 4 is 5.91 Å². The van der Waals surface area contributed by atoms with E-state index in [0.717, 1.165) is 24.8 Å². The molecule has 1 aromatic carbocycles. The number of aryl methyl sites for hydroxylation is 2. The molecule has 0 bridgehead atoms. The molecule has 2 aromatic heterocycles. The molecule has 0 radical (unpaired) electrons. The van der Waals surface area contributed by atoms with Gasteiger partial charge in [0.25, 0.3) is 5.91 Å². The zero-order valence-electron chi connectivity index (χ0n) is 15.1. The molecule has 1 unspecified atom stereocenters. The largest absolute Gasteiger partial charge is 0.338 e. The fraction of sp³-hybridized carbons (Fsp3) is 0.286. The number of amides is 1. The Morgan fingerprint density at radius 3 is 2.65 bits per heavy atom. The lowest BCUT2D eigenvalue weighted by Crippen LogP contribution is -2.40. The minimum atomic E-state index is 0.0225. The predicted molar refractivity (Wildman–Crippen MR) is 101 cm³/mol. The van der Waals surface area contributed by atoms with Gasteiger partial charge in [0.1, 0.15) is 5.69 Å². The number of carbonyl (C=O) groups is 1. The second-order valence-electron chi connectivity index (χ2n) is 6.88. The molecular weight excluding hydrogens is 324 g/mol. The molecule has 1 aliphatic carbocycles. The van der Waals surface area contributed by atoms with E-state index in [4.69, 9.17) is 0 Å². The highest BCUT2D eigenvalue weighted by atomic mass is 16.2. The van der Waals surface area contributed by atoms with Gasteiger partial charge in [0.15, 0.2) is 0 Å². The van der Waals surface area contributed by atoms with Crippen LogP contribution in [0.2, 0.25) is 0 Å². The summed E-state index contributed by atoms with van der Waals surface area (Å²) in [5.74, 6) is 0.0225. The number of likely N-dealkylation sites (N-methyl/N-ethyl adjacent to an activating group) is 1. The lowest BCUT2D eigenvalue weighted by atomic mass is 9.87. The van der Waals surface area contributed by atoms with Crippen molar-refractivity contribution in [2.45, 2.75) is 25.3 Å². The van der Waals surface area contributed by atoms with Crippen LogP contribution in [-0.4, -0.2) is 38.7 Å². The minimum Gasteiger partial charge on any atom is -0.338 e. The van der Waals surface area contributed by atoms with Crippen molar-refractivity contribution < 1.29 is 4.79 Å². The van der Waals surface area contributed by atoms with E-state index in [1.807, 2.05) is 37.3 Å². The number of hydrogen-bond acceptors (Lipinski definition) is 3. The Kier molecular flexibility index (Phi) is 4.29. The maximum absolute atomic E-state index is 13.2. The molecular formula is C21H22N4O. The van der Waals surface area contributed by atoms with Gasteiger partial charge in [-0.1, -0.05) is 24.3 Å². The van der Waals surface area contributed by atoms with E-state index in [0.29, 0.717) is 11.3 Å². The van der Waals surface area contributed by atoms with Crippen LogP contribution in [0.5, 0.6) is 0 Å². The predicted octanol–water partition coefficient (Wildman–Crippen LogP) is 3.11. The molecule has 26 heavy (non-hydrogen) atoms. The van der Waals surface area contributed by atoms with Crippen molar-refractivity contribution in [1.82, 2.24) is 19.7 Å². The van der Waals surface area contributed by atoms with Crippen molar-refractivity contribution in [2.24, 2.45) is 7.05 Å². The fourth-order valence-electron chi connectivity index (χ4n) is 3.73. The summed E-state index contributed by atoms with van der Waals surface area (Å²) in [4.78, 5) is 19.2. The van der Waals surface area contributed by atoms with E-state index in [2.05, 4.69) is 34.3 Å². The molecule has 5 heteroatoms. The van der Waals surface area contributed by atoms with Gasteiger partial charge in [-0.3, -0.25) is 14.5 Å². The van der Waals surface area contributed by atoms with Crippen LogP contribution in [0.25, 0.3) is 11.3 Å². The van der Waals surface area contributed by atoms with Crippen LogP contribution in [0, 0.1) is 0 Å². The quantitative estimate of drug-likeness (QED) is 0.732. The summed E-state index contributed by atoms with van der Waals surface area (Å²) in [7, 11) is 3.75. The highest BCUT2D eigenvalue weighted by Crippen LogP contribution is 2.27. The lowest BCUT2D eigenvalue weighted by molar-refractivity contribution is 0.0719. The first-order valence-corrected chi connectivity index (χ1v) is 8.91. The van der Waals surface area contributed by atoms with Crippen LogP contribution < -0.4 is 0 Å². The number of hydrogen-bond donors (Lipinski definition) is 0. The highest BCUT2D eigenvalue weighted by Gasteiger charge is 2.28. The molecule has 0 N–H and O–H groups in total. The smallest absolute Gasteiger partial charge is 0.257 e. The van der Waals surface area contributed by atoms with Crippen molar-refractivity contribution in [3.63, 3.8) is 0 Å². The third kappa shape index (κ3) is 3.01. The van der Waals surface area contributed by atoms with Gasteiger partial charge >= 0.3 is 0 Å². The average Bonchev–Trinajstić information content (AvgIpc) is 3.09. The molecule has 0 saturated carbocycles. The van der Waals surface area contributed by atoms with Gasteiger partial charge in [0.05, 0.1) is 5.56 Å².